The fraction of sp³-hybridized carbons (Fsp3) is 0.458. The Hall–Kier alpha value is -3.53. The van der Waals surface area contributed by atoms with E-state index in [2.05, 4.69) is 20.9 Å². The predicted molar refractivity (Wildman–Crippen MR) is 139 cm³/mol. The van der Waals surface area contributed by atoms with Crippen LogP contribution in [0.1, 0.15) is 27.7 Å². The van der Waals surface area contributed by atoms with Crippen molar-refractivity contribution in [2.45, 2.75) is 46.4 Å². The molecule has 12 heteroatoms. The zero-order chi connectivity index (χ0) is 26.2. The highest BCUT2D eigenvalue weighted by molar-refractivity contribution is 7.07. The molecule has 2 amide bonds. The van der Waals surface area contributed by atoms with Gasteiger partial charge >= 0.3 is 0 Å². The minimum atomic E-state index is -0.519. The first-order valence-electron chi connectivity index (χ1n) is 11.8. The fourth-order valence-corrected chi connectivity index (χ4v) is 5.05. The second kappa shape index (κ2) is 12.4. The number of morpholine rings is 1. The number of nitriles is 1. The van der Waals surface area contributed by atoms with Crippen LogP contribution in [0, 0.1) is 11.3 Å². The van der Waals surface area contributed by atoms with E-state index in [1.165, 1.54) is 10.8 Å². The smallest absolute Gasteiger partial charge is 0.270 e. The number of anilines is 2. The number of nitrogens with zero attached hydrogens (tertiary/aromatic N) is 4. The highest BCUT2D eigenvalue weighted by Gasteiger charge is 2.23. The van der Waals surface area contributed by atoms with Gasteiger partial charge in [-0.15, -0.1) is 11.3 Å². The number of nitrogens with one attached hydrogen (secondary N) is 3. The Balaban J connectivity index is 1.77. The standard InChI is InChI=1S/C24H31N7O4S/c1-5-26-22(33)17(10-25)24-31(6-2)23(34)18(36-24)11-27-19-8-7-9-20(28-19)29-21(32)14-30-12-15(3)35-16(4)13-30/h7-9,11,15-16H,5-6,12-14H2,1-4H3,(H,26,33)(H2,27,28,29,32). The SMILES string of the molecule is CCNC(=O)C(C#N)=c1sc(=CNc2cccc(NC(=O)CN3CC(C)OC(C)C3)n2)c(=O)n1CC. The molecule has 3 heterocycles. The van der Waals surface area contributed by atoms with Gasteiger partial charge in [-0.1, -0.05) is 6.07 Å². The lowest BCUT2D eigenvalue weighted by Gasteiger charge is -2.34. The van der Waals surface area contributed by atoms with E-state index < -0.39 is 5.91 Å². The minimum absolute atomic E-state index is 0.0701. The maximum Gasteiger partial charge on any atom is 0.270 e. The first-order chi connectivity index (χ1) is 17.2. The number of aromatic nitrogens is 2. The van der Waals surface area contributed by atoms with Gasteiger partial charge in [0.25, 0.3) is 11.5 Å². The van der Waals surface area contributed by atoms with Gasteiger partial charge < -0.3 is 20.7 Å². The number of ether oxygens (including phenoxy) is 1. The Morgan fingerprint density at radius 2 is 1.94 bits per heavy atom. The molecule has 1 aliphatic heterocycles. The predicted octanol–water partition coefficient (Wildman–Crippen LogP) is 0.0329. The van der Waals surface area contributed by atoms with Crippen LogP contribution in [0.2, 0.25) is 0 Å². The molecule has 0 aliphatic carbocycles. The molecule has 0 saturated carbocycles. The Morgan fingerprint density at radius 1 is 1.25 bits per heavy atom. The van der Waals surface area contributed by atoms with Crippen molar-refractivity contribution in [2.24, 2.45) is 0 Å². The van der Waals surface area contributed by atoms with Gasteiger partial charge in [0.2, 0.25) is 5.91 Å². The summed E-state index contributed by atoms with van der Waals surface area (Å²) in [6.07, 6.45) is 1.63. The highest BCUT2D eigenvalue weighted by Crippen LogP contribution is 2.12. The number of rotatable bonds is 8. The van der Waals surface area contributed by atoms with Crippen LogP contribution in [-0.2, 0) is 20.9 Å². The zero-order valence-corrected chi connectivity index (χ0v) is 21.6. The molecule has 1 saturated heterocycles. The van der Waals surface area contributed by atoms with Crippen LogP contribution in [-0.4, -0.2) is 64.7 Å². The van der Waals surface area contributed by atoms with Crippen LogP contribution in [0.4, 0.5) is 11.6 Å². The van der Waals surface area contributed by atoms with Crippen LogP contribution < -0.4 is 30.7 Å². The summed E-state index contributed by atoms with van der Waals surface area (Å²) in [6.45, 7) is 9.78. The number of carbonyl (C=O) groups excluding carboxylic acids is 2. The summed E-state index contributed by atoms with van der Waals surface area (Å²) in [4.78, 5) is 44.1. The van der Waals surface area contributed by atoms with Crippen molar-refractivity contribution in [3.8, 4) is 6.07 Å². The van der Waals surface area contributed by atoms with E-state index in [1.807, 2.05) is 24.8 Å². The van der Waals surface area contributed by atoms with Gasteiger partial charge in [0.15, 0.2) is 5.57 Å². The van der Waals surface area contributed by atoms with Crippen molar-refractivity contribution in [3.63, 3.8) is 0 Å². The Kier molecular flexibility index (Phi) is 9.35. The molecule has 0 bridgehead atoms. The summed E-state index contributed by atoms with van der Waals surface area (Å²) < 4.78 is 7.71. The lowest BCUT2D eigenvalue weighted by atomic mass is 10.2. The normalized spacial score (nSPS) is 19.4. The Morgan fingerprint density at radius 3 is 2.58 bits per heavy atom. The third-order valence-corrected chi connectivity index (χ3v) is 6.47. The van der Waals surface area contributed by atoms with E-state index in [0.29, 0.717) is 47.0 Å². The molecule has 2 unspecified atom stereocenters. The molecule has 11 nitrogen and oxygen atoms in total. The number of carbonyl (C=O) groups is 2. The molecule has 2 aromatic heterocycles. The Bertz CT molecular complexity index is 1320. The monoisotopic (exact) mass is 513 g/mol. The van der Waals surface area contributed by atoms with E-state index in [4.69, 9.17) is 4.74 Å². The highest BCUT2D eigenvalue weighted by atomic mass is 32.1. The van der Waals surface area contributed by atoms with Gasteiger partial charge in [0.1, 0.15) is 26.9 Å². The zero-order valence-electron chi connectivity index (χ0n) is 20.8. The number of hydrogen-bond donors (Lipinski definition) is 3. The minimum Gasteiger partial charge on any atom is -0.373 e. The van der Waals surface area contributed by atoms with Gasteiger partial charge in [0.05, 0.1) is 18.8 Å². The Labute approximate surface area is 213 Å². The molecular weight excluding hydrogens is 482 g/mol. The molecule has 36 heavy (non-hydrogen) atoms. The summed E-state index contributed by atoms with van der Waals surface area (Å²) in [5.41, 5.74) is -0.423. The summed E-state index contributed by atoms with van der Waals surface area (Å²) in [5, 5.41) is 17.9. The molecule has 2 aromatic rings. The van der Waals surface area contributed by atoms with Crippen LogP contribution in [0.25, 0.3) is 11.8 Å². The van der Waals surface area contributed by atoms with E-state index in [9.17, 15) is 19.6 Å². The van der Waals surface area contributed by atoms with Crippen molar-refractivity contribution < 1.29 is 14.3 Å². The molecule has 192 valence electrons. The van der Waals surface area contributed by atoms with E-state index >= 15 is 0 Å². The molecular formula is C24H31N7O4S. The van der Waals surface area contributed by atoms with Crippen molar-refractivity contribution in [2.75, 3.05) is 36.8 Å². The fourth-order valence-electron chi connectivity index (χ4n) is 3.96. The lowest BCUT2D eigenvalue weighted by molar-refractivity contribution is -0.121. The maximum atomic E-state index is 12.8. The summed E-state index contributed by atoms with van der Waals surface area (Å²) in [7, 11) is 0. The van der Waals surface area contributed by atoms with Gasteiger partial charge in [-0.25, -0.2) is 4.98 Å². The van der Waals surface area contributed by atoms with Crippen LogP contribution >= 0.6 is 11.3 Å². The maximum absolute atomic E-state index is 12.8. The van der Waals surface area contributed by atoms with Crippen molar-refractivity contribution >= 4 is 46.6 Å². The molecule has 1 fully saturated rings. The van der Waals surface area contributed by atoms with Gasteiger partial charge in [-0.3, -0.25) is 23.9 Å². The number of amides is 2. The second-order valence-electron chi connectivity index (χ2n) is 8.36. The summed E-state index contributed by atoms with van der Waals surface area (Å²) >= 11 is 1.05. The van der Waals surface area contributed by atoms with Crippen LogP contribution in [0.3, 0.4) is 0 Å². The molecule has 0 aromatic carbocycles. The third-order valence-electron chi connectivity index (χ3n) is 5.34. The molecule has 2 atom stereocenters. The molecule has 0 spiro atoms. The van der Waals surface area contributed by atoms with E-state index in [-0.39, 0.29) is 35.8 Å². The average Bonchev–Trinajstić information content (AvgIpc) is 3.12. The first-order valence-corrected chi connectivity index (χ1v) is 12.6. The third kappa shape index (κ3) is 6.78. The van der Waals surface area contributed by atoms with Crippen LogP contribution in [0.15, 0.2) is 23.0 Å². The summed E-state index contributed by atoms with van der Waals surface area (Å²) in [6, 6.07) is 7.03. The van der Waals surface area contributed by atoms with Crippen molar-refractivity contribution in [3.05, 3.63) is 37.7 Å². The number of thiazole rings is 1. The largest absolute Gasteiger partial charge is 0.373 e. The van der Waals surface area contributed by atoms with Gasteiger partial charge in [-0.05, 0) is 39.8 Å². The summed E-state index contributed by atoms with van der Waals surface area (Å²) in [5.74, 6) is 0.103. The molecule has 1 aliphatic rings. The van der Waals surface area contributed by atoms with Crippen LogP contribution in [0.5, 0.6) is 0 Å². The molecule has 3 N–H and O–H groups in total. The topological polar surface area (TPSA) is 141 Å². The van der Waals surface area contributed by atoms with Gasteiger partial charge in [0, 0.05) is 32.4 Å². The average molecular weight is 514 g/mol. The molecule has 0 radical (unpaired) electrons. The van der Waals surface area contributed by atoms with E-state index in [0.717, 1.165) is 11.3 Å². The van der Waals surface area contributed by atoms with Crippen molar-refractivity contribution in [1.82, 2.24) is 19.8 Å². The quantitative estimate of drug-likeness (QED) is 0.449. The molecule has 3 rings (SSSR count). The van der Waals surface area contributed by atoms with E-state index in [1.54, 1.807) is 32.0 Å². The lowest BCUT2D eigenvalue weighted by Crippen LogP contribution is -2.48. The van der Waals surface area contributed by atoms with Gasteiger partial charge in [-0.2, -0.15) is 5.26 Å². The van der Waals surface area contributed by atoms with Crippen molar-refractivity contribution in [1.29, 1.82) is 5.26 Å². The first kappa shape index (κ1) is 27.1. The second-order valence-corrected chi connectivity index (χ2v) is 9.39. The number of pyridine rings is 1. The number of hydrogen-bond acceptors (Lipinski definition) is 9.